The second-order valence-corrected chi connectivity index (χ2v) is 10.0. The van der Waals surface area contributed by atoms with Crippen molar-refractivity contribution < 1.29 is 22.7 Å². The zero-order chi connectivity index (χ0) is 23.1. The maximum Gasteiger partial charge on any atom is 0.309 e. The van der Waals surface area contributed by atoms with Crippen LogP contribution in [0.4, 0.5) is 0 Å². The number of carbonyl (C=O) groups is 2. The van der Waals surface area contributed by atoms with Crippen molar-refractivity contribution in [3.05, 3.63) is 60.4 Å². The Kier molecular flexibility index (Phi) is 7.98. The quantitative estimate of drug-likeness (QED) is 0.563. The summed E-state index contributed by atoms with van der Waals surface area (Å²) in [6, 6.07) is 12.7. The molecule has 1 aliphatic rings. The second kappa shape index (κ2) is 10.7. The van der Waals surface area contributed by atoms with Crippen molar-refractivity contribution in [3.63, 3.8) is 0 Å². The Morgan fingerprint density at radius 3 is 2.41 bits per heavy atom. The molecule has 0 aliphatic carbocycles. The Bertz CT molecular complexity index is 1000. The van der Waals surface area contributed by atoms with Crippen LogP contribution < -0.4 is 0 Å². The Labute approximate surface area is 189 Å². The number of aromatic nitrogens is 1. The number of carbonyl (C=O) groups excluding carboxylic acids is 2. The van der Waals surface area contributed by atoms with Crippen molar-refractivity contribution >= 4 is 21.9 Å². The van der Waals surface area contributed by atoms with Gasteiger partial charge in [-0.2, -0.15) is 4.31 Å². The topological polar surface area (TPSA) is 96.9 Å². The van der Waals surface area contributed by atoms with Gasteiger partial charge in [0, 0.05) is 38.1 Å². The van der Waals surface area contributed by atoms with Crippen molar-refractivity contribution in [2.24, 2.45) is 5.92 Å². The predicted octanol–water partition coefficient (Wildman–Crippen LogP) is 2.46. The Morgan fingerprint density at radius 1 is 1.12 bits per heavy atom. The molecule has 0 saturated carbocycles. The van der Waals surface area contributed by atoms with Crippen LogP contribution in [0.5, 0.6) is 0 Å². The van der Waals surface area contributed by atoms with E-state index < -0.39 is 21.9 Å². The molecular weight excluding hydrogens is 430 g/mol. The first-order chi connectivity index (χ1) is 15.3. The summed E-state index contributed by atoms with van der Waals surface area (Å²) in [6.45, 7) is 4.40. The molecule has 1 amide bonds. The van der Waals surface area contributed by atoms with E-state index in [4.69, 9.17) is 4.74 Å². The fourth-order valence-corrected chi connectivity index (χ4v) is 5.09. The Hall–Kier alpha value is -2.78. The van der Waals surface area contributed by atoms with Gasteiger partial charge in [-0.3, -0.25) is 14.6 Å². The molecule has 0 atom stereocenters. The molecule has 2 heterocycles. The van der Waals surface area contributed by atoms with Gasteiger partial charge in [0.1, 0.15) is 4.90 Å². The van der Waals surface area contributed by atoms with E-state index in [9.17, 15) is 18.0 Å². The largest absolute Gasteiger partial charge is 0.455 e. The van der Waals surface area contributed by atoms with E-state index in [1.165, 1.54) is 22.8 Å². The van der Waals surface area contributed by atoms with Crippen molar-refractivity contribution in [1.29, 1.82) is 0 Å². The monoisotopic (exact) mass is 459 g/mol. The molecule has 1 aromatic heterocycles. The molecule has 1 saturated heterocycles. The summed E-state index contributed by atoms with van der Waals surface area (Å²) in [7, 11) is -3.63. The molecule has 1 fully saturated rings. The summed E-state index contributed by atoms with van der Waals surface area (Å²) in [5.41, 5.74) is 1.00. The van der Waals surface area contributed by atoms with Gasteiger partial charge in [0.15, 0.2) is 6.61 Å². The minimum absolute atomic E-state index is 0.0395. The fraction of sp³-hybridized carbons (Fsp3) is 0.435. The molecule has 9 heteroatoms. The van der Waals surface area contributed by atoms with Gasteiger partial charge in [-0.15, -0.1) is 0 Å². The van der Waals surface area contributed by atoms with Gasteiger partial charge in [-0.1, -0.05) is 30.3 Å². The maximum atomic E-state index is 12.7. The molecular formula is C23H29N3O5S. The molecule has 0 unspecified atom stereocenters. The Morgan fingerprint density at radius 2 is 1.81 bits per heavy atom. The van der Waals surface area contributed by atoms with E-state index in [-0.39, 0.29) is 36.5 Å². The highest BCUT2D eigenvalue weighted by atomic mass is 32.2. The summed E-state index contributed by atoms with van der Waals surface area (Å²) >= 11 is 0. The van der Waals surface area contributed by atoms with Gasteiger partial charge in [0.2, 0.25) is 10.0 Å². The molecule has 1 aliphatic heterocycles. The summed E-state index contributed by atoms with van der Waals surface area (Å²) < 4.78 is 32.0. The van der Waals surface area contributed by atoms with Crippen LogP contribution in [0.2, 0.25) is 0 Å². The zero-order valence-corrected chi connectivity index (χ0v) is 19.2. The number of amides is 1. The van der Waals surface area contributed by atoms with Crippen LogP contribution in [0.3, 0.4) is 0 Å². The van der Waals surface area contributed by atoms with Crippen LogP contribution in [0.25, 0.3) is 0 Å². The summed E-state index contributed by atoms with van der Waals surface area (Å²) in [5, 5.41) is 0. The molecule has 0 N–H and O–H groups in total. The summed E-state index contributed by atoms with van der Waals surface area (Å²) in [4.78, 5) is 30.9. The number of pyridine rings is 1. The predicted molar refractivity (Wildman–Crippen MR) is 119 cm³/mol. The molecule has 32 heavy (non-hydrogen) atoms. The number of benzene rings is 1. The molecule has 0 spiro atoms. The molecule has 8 nitrogen and oxygen atoms in total. The van der Waals surface area contributed by atoms with E-state index in [1.54, 1.807) is 11.0 Å². The number of hydrogen-bond donors (Lipinski definition) is 0. The maximum absolute atomic E-state index is 12.7. The van der Waals surface area contributed by atoms with Gasteiger partial charge >= 0.3 is 5.97 Å². The minimum Gasteiger partial charge on any atom is -0.455 e. The summed E-state index contributed by atoms with van der Waals surface area (Å²) in [6.07, 6.45) is 3.54. The zero-order valence-electron chi connectivity index (χ0n) is 18.4. The Balaban J connectivity index is 1.50. The third-order valence-electron chi connectivity index (χ3n) is 5.54. The van der Waals surface area contributed by atoms with E-state index in [2.05, 4.69) is 4.98 Å². The first-order valence-corrected chi connectivity index (χ1v) is 12.1. The lowest BCUT2D eigenvalue weighted by molar-refractivity contribution is -0.157. The molecule has 1 aromatic carbocycles. The fourth-order valence-electron chi connectivity index (χ4n) is 3.65. The standard InChI is InChI=1S/C23H29N3O5S/c1-18(2)26(16-19-7-4-3-5-8-19)22(27)17-31-23(28)20-10-13-25(14-11-20)32(29,30)21-9-6-12-24-15-21/h3-9,12,15,18,20H,10-11,13-14,16-17H2,1-2H3. The highest BCUT2D eigenvalue weighted by molar-refractivity contribution is 7.89. The van der Waals surface area contributed by atoms with E-state index in [0.29, 0.717) is 19.4 Å². The first kappa shape index (κ1) is 23.9. The third-order valence-corrected chi connectivity index (χ3v) is 7.42. The molecule has 0 bridgehead atoms. The van der Waals surface area contributed by atoms with Crippen molar-refractivity contribution in [2.75, 3.05) is 19.7 Å². The number of esters is 1. The van der Waals surface area contributed by atoms with Gasteiger partial charge < -0.3 is 9.64 Å². The SMILES string of the molecule is CC(C)N(Cc1ccccc1)C(=O)COC(=O)C1CCN(S(=O)(=O)c2cccnc2)CC1. The summed E-state index contributed by atoms with van der Waals surface area (Å²) in [5.74, 6) is -1.14. The van der Waals surface area contributed by atoms with E-state index >= 15 is 0 Å². The van der Waals surface area contributed by atoms with Crippen molar-refractivity contribution in [3.8, 4) is 0 Å². The smallest absolute Gasteiger partial charge is 0.309 e. The molecule has 0 radical (unpaired) electrons. The van der Waals surface area contributed by atoms with Crippen LogP contribution in [0.15, 0.2) is 59.8 Å². The van der Waals surface area contributed by atoms with Gasteiger partial charge in [0.05, 0.1) is 5.92 Å². The van der Waals surface area contributed by atoms with E-state index in [1.807, 2.05) is 44.2 Å². The number of nitrogens with zero attached hydrogens (tertiary/aromatic N) is 3. The minimum atomic E-state index is -3.63. The van der Waals surface area contributed by atoms with Crippen LogP contribution in [-0.4, -0.2) is 60.2 Å². The van der Waals surface area contributed by atoms with Gasteiger partial charge in [-0.05, 0) is 44.4 Å². The van der Waals surface area contributed by atoms with Crippen LogP contribution in [0, 0.1) is 5.92 Å². The van der Waals surface area contributed by atoms with Crippen molar-refractivity contribution in [1.82, 2.24) is 14.2 Å². The number of hydrogen-bond acceptors (Lipinski definition) is 6. The first-order valence-electron chi connectivity index (χ1n) is 10.7. The molecule has 172 valence electrons. The van der Waals surface area contributed by atoms with Gasteiger partial charge in [0.25, 0.3) is 5.91 Å². The van der Waals surface area contributed by atoms with Gasteiger partial charge in [-0.25, -0.2) is 8.42 Å². The lowest BCUT2D eigenvalue weighted by atomic mass is 9.98. The molecule has 2 aromatic rings. The third kappa shape index (κ3) is 5.92. The average Bonchev–Trinajstić information content (AvgIpc) is 2.82. The average molecular weight is 460 g/mol. The van der Waals surface area contributed by atoms with Crippen molar-refractivity contribution in [2.45, 2.75) is 44.2 Å². The lowest BCUT2D eigenvalue weighted by Crippen LogP contribution is -2.42. The van der Waals surface area contributed by atoms with Crippen LogP contribution in [-0.2, 0) is 30.9 Å². The van der Waals surface area contributed by atoms with E-state index in [0.717, 1.165) is 5.56 Å². The normalized spacial score (nSPS) is 15.5. The second-order valence-electron chi connectivity index (χ2n) is 8.08. The number of rotatable bonds is 8. The highest BCUT2D eigenvalue weighted by Crippen LogP contribution is 2.24. The van der Waals surface area contributed by atoms with Crippen LogP contribution >= 0.6 is 0 Å². The van der Waals surface area contributed by atoms with Crippen LogP contribution in [0.1, 0.15) is 32.3 Å². The number of ether oxygens (including phenoxy) is 1. The lowest BCUT2D eigenvalue weighted by Gasteiger charge is -2.30. The number of piperidine rings is 1. The number of sulfonamides is 1. The highest BCUT2D eigenvalue weighted by Gasteiger charge is 2.33. The molecule has 3 rings (SSSR count).